The van der Waals surface area contributed by atoms with Crippen LogP contribution in [0.25, 0.3) is 0 Å². The van der Waals surface area contributed by atoms with Crippen LogP contribution in [-0.4, -0.2) is 26.4 Å². The third-order valence-corrected chi connectivity index (χ3v) is 4.05. The summed E-state index contributed by atoms with van der Waals surface area (Å²) in [5, 5.41) is 11.3. The van der Waals surface area contributed by atoms with Crippen LogP contribution in [0.4, 0.5) is 0 Å². The van der Waals surface area contributed by atoms with Crippen molar-refractivity contribution in [2.24, 2.45) is 0 Å². The Morgan fingerprint density at radius 3 is 2.29 bits per heavy atom. The van der Waals surface area contributed by atoms with Gasteiger partial charge in [-0.15, -0.1) is 0 Å². The van der Waals surface area contributed by atoms with Crippen LogP contribution in [0, 0.1) is 11.3 Å². The van der Waals surface area contributed by atoms with Crippen LogP contribution in [0.1, 0.15) is 31.9 Å². The first-order chi connectivity index (χ1) is 9.73. The topological polar surface area (TPSA) is 99.1 Å². The predicted octanol–water partition coefficient (Wildman–Crippen LogP) is 0.891. The molecule has 0 aliphatic rings. The fourth-order valence-electron chi connectivity index (χ4n) is 1.67. The molecule has 0 bridgehead atoms. The molecular formula is C14H19N3O3S. The van der Waals surface area contributed by atoms with Crippen LogP contribution in [-0.2, 0) is 20.6 Å². The molecule has 1 unspecified atom stereocenters. The monoisotopic (exact) mass is 309 g/mol. The van der Waals surface area contributed by atoms with E-state index in [-0.39, 0.29) is 17.7 Å². The zero-order chi connectivity index (χ0) is 16.0. The van der Waals surface area contributed by atoms with E-state index < -0.39 is 16.1 Å². The SMILES string of the molecule is CC(C)NC(=O)C(C)NS(=O)(=O)Cc1ccc(C#N)cc1. The van der Waals surface area contributed by atoms with Gasteiger partial charge in [0.15, 0.2) is 0 Å². The fourth-order valence-corrected chi connectivity index (χ4v) is 3.03. The lowest BCUT2D eigenvalue weighted by atomic mass is 10.2. The zero-order valence-corrected chi connectivity index (χ0v) is 13.1. The Hall–Kier alpha value is -1.91. The summed E-state index contributed by atoms with van der Waals surface area (Å²) < 4.78 is 26.3. The quantitative estimate of drug-likeness (QED) is 0.815. The first-order valence-corrected chi connectivity index (χ1v) is 8.18. The van der Waals surface area contributed by atoms with Gasteiger partial charge >= 0.3 is 0 Å². The van der Waals surface area contributed by atoms with E-state index >= 15 is 0 Å². The summed E-state index contributed by atoms with van der Waals surface area (Å²) in [5.74, 6) is -0.605. The Kier molecular flexibility index (Phi) is 5.88. The van der Waals surface area contributed by atoms with Gasteiger partial charge in [-0.2, -0.15) is 5.26 Å². The fraction of sp³-hybridized carbons (Fsp3) is 0.429. The lowest BCUT2D eigenvalue weighted by molar-refractivity contribution is -0.122. The van der Waals surface area contributed by atoms with Crippen LogP contribution in [0.3, 0.4) is 0 Å². The second-order valence-electron chi connectivity index (χ2n) is 5.07. The van der Waals surface area contributed by atoms with Crippen LogP contribution in [0.15, 0.2) is 24.3 Å². The minimum atomic E-state index is -3.63. The summed E-state index contributed by atoms with van der Waals surface area (Å²) in [6.07, 6.45) is 0. The molecule has 0 spiro atoms. The maximum absolute atomic E-state index is 12.0. The predicted molar refractivity (Wildman–Crippen MR) is 79.7 cm³/mol. The highest BCUT2D eigenvalue weighted by atomic mass is 32.2. The third kappa shape index (κ3) is 5.94. The normalized spacial score (nSPS) is 12.7. The van der Waals surface area contributed by atoms with E-state index in [0.717, 1.165) is 0 Å². The van der Waals surface area contributed by atoms with Crippen molar-refractivity contribution in [3.05, 3.63) is 35.4 Å². The minimum Gasteiger partial charge on any atom is -0.353 e. The summed E-state index contributed by atoms with van der Waals surface area (Å²) in [5.41, 5.74) is 1.02. The van der Waals surface area contributed by atoms with Gasteiger partial charge in [0.2, 0.25) is 15.9 Å². The highest BCUT2D eigenvalue weighted by Crippen LogP contribution is 2.07. The Morgan fingerprint density at radius 1 is 1.24 bits per heavy atom. The third-order valence-electron chi connectivity index (χ3n) is 2.62. The molecular weight excluding hydrogens is 290 g/mol. The van der Waals surface area contributed by atoms with E-state index in [0.29, 0.717) is 11.1 Å². The molecule has 0 saturated heterocycles. The molecule has 1 atom stereocenters. The molecule has 0 saturated carbocycles. The van der Waals surface area contributed by atoms with E-state index in [1.165, 1.54) is 6.92 Å². The second kappa shape index (κ2) is 7.20. The van der Waals surface area contributed by atoms with Gasteiger partial charge in [-0.1, -0.05) is 12.1 Å². The van der Waals surface area contributed by atoms with E-state index in [4.69, 9.17) is 5.26 Å². The lowest BCUT2D eigenvalue weighted by Crippen LogP contribution is -2.46. The van der Waals surface area contributed by atoms with E-state index in [1.54, 1.807) is 38.1 Å². The van der Waals surface area contributed by atoms with Crippen molar-refractivity contribution in [2.45, 2.75) is 38.6 Å². The Labute approximate surface area is 125 Å². The van der Waals surface area contributed by atoms with Gasteiger partial charge in [0, 0.05) is 6.04 Å². The van der Waals surface area contributed by atoms with Gasteiger partial charge in [-0.3, -0.25) is 4.79 Å². The average Bonchev–Trinajstić information content (AvgIpc) is 2.37. The number of benzene rings is 1. The highest BCUT2D eigenvalue weighted by molar-refractivity contribution is 7.88. The van der Waals surface area contributed by atoms with Crippen molar-refractivity contribution in [1.29, 1.82) is 5.26 Å². The highest BCUT2D eigenvalue weighted by Gasteiger charge is 2.20. The number of carbonyl (C=O) groups is 1. The van der Waals surface area contributed by atoms with E-state index in [1.807, 2.05) is 6.07 Å². The first kappa shape index (κ1) is 17.1. The van der Waals surface area contributed by atoms with Crippen LogP contribution >= 0.6 is 0 Å². The molecule has 6 nitrogen and oxygen atoms in total. The molecule has 0 fully saturated rings. The number of sulfonamides is 1. The van der Waals surface area contributed by atoms with Gasteiger partial charge in [0.25, 0.3) is 0 Å². The summed E-state index contributed by atoms with van der Waals surface area (Å²) in [7, 11) is -3.63. The summed E-state index contributed by atoms with van der Waals surface area (Å²) in [6, 6.07) is 7.34. The molecule has 0 aliphatic heterocycles. The van der Waals surface area contributed by atoms with Gasteiger partial charge in [0.1, 0.15) is 0 Å². The smallest absolute Gasteiger partial charge is 0.238 e. The Balaban J connectivity index is 2.69. The molecule has 0 heterocycles. The van der Waals surface area contributed by atoms with Gasteiger partial charge in [0.05, 0.1) is 23.4 Å². The number of nitrogens with zero attached hydrogens (tertiary/aromatic N) is 1. The molecule has 0 aliphatic carbocycles. The number of carbonyl (C=O) groups excluding carboxylic acids is 1. The molecule has 0 aromatic heterocycles. The largest absolute Gasteiger partial charge is 0.353 e. The number of hydrogen-bond acceptors (Lipinski definition) is 4. The molecule has 1 aromatic rings. The average molecular weight is 309 g/mol. The van der Waals surface area contributed by atoms with Crippen LogP contribution < -0.4 is 10.0 Å². The molecule has 0 radical (unpaired) electrons. The number of hydrogen-bond donors (Lipinski definition) is 2. The molecule has 1 rings (SSSR count). The zero-order valence-electron chi connectivity index (χ0n) is 12.3. The van der Waals surface area contributed by atoms with Crippen molar-refractivity contribution in [3.63, 3.8) is 0 Å². The number of nitriles is 1. The molecule has 114 valence electrons. The summed E-state index contributed by atoms with van der Waals surface area (Å²) in [6.45, 7) is 5.10. The first-order valence-electron chi connectivity index (χ1n) is 6.53. The van der Waals surface area contributed by atoms with Crippen molar-refractivity contribution in [2.75, 3.05) is 0 Å². The Morgan fingerprint density at radius 2 is 1.81 bits per heavy atom. The van der Waals surface area contributed by atoms with Crippen LogP contribution in [0.5, 0.6) is 0 Å². The molecule has 21 heavy (non-hydrogen) atoms. The molecule has 1 aromatic carbocycles. The standard InChI is InChI=1S/C14H19N3O3S/c1-10(2)16-14(18)11(3)17-21(19,20)9-13-6-4-12(8-15)5-7-13/h4-7,10-11,17H,9H2,1-3H3,(H,16,18). The molecule has 1 amide bonds. The van der Waals surface area contributed by atoms with E-state index in [2.05, 4.69) is 10.0 Å². The van der Waals surface area contributed by atoms with Crippen molar-refractivity contribution >= 4 is 15.9 Å². The lowest BCUT2D eigenvalue weighted by Gasteiger charge is -2.16. The van der Waals surface area contributed by atoms with Gasteiger partial charge in [-0.25, -0.2) is 13.1 Å². The maximum atomic E-state index is 12.0. The van der Waals surface area contributed by atoms with Gasteiger partial charge in [-0.05, 0) is 38.5 Å². The minimum absolute atomic E-state index is 0.0528. The number of amides is 1. The van der Waals surface area contributed by atoms with E-state index in [9.17, 15) is 13.2 Å². The van der Waals surface area contributed by atoms with Crippen molar-refractivity contribution in [3.8, 4) is 6.07 Å². The maximum Gasteiger partial charge on any atom is 0.238 e. The molecule has 7 heteroatoms. The summed E-state index contributed by atoms with van der Waals surface area (Å²) >= 11 is 0. The van der Waals surface area contributed by atoms with Crippen molar-refractivity contribution < 1.29 is 13.2 Å². The Bertz CT molecular complexity index is 630. The van der Waals surface area contributed by atoms with Gasteiger partial charge < -0.3 is 5.32 Å². The van der Waals surface area contributed by atoms with Crippen molar-refractivity contribution in [1.82, 2.24) is 10.0 Å². The summed E-state index contributed by atoms with van der Waals surface area (Å²) in [4.78, 5) is 11.7. The molecule has 2 N–H and O–H groups in total. The van der Waals surface area contributed by atoms with Crippen LogP contribution in [0.2, 0.25) is 0 Å². The second-order valence-corrected chi connectivity index (χ2v) is 6.82. The number of nitrogens with one attached hydrogen (secondary N) is 2. The number of rotatable bonds is 6.